The molecule has 1 fully saturated rings. The number of halogens is 1. The Kier molecular flexibility index (Phi) is 4.86. The van der Waals surface area contributed by atoms with E-state index in [-0.39, 0.29) is 16.1 Å². The predicted molar refractivity (Wildman–Crippen MR) is 96.8 cm³/mol. The third-order valence-corrected chi connectivity index (χ3v) is 5.89. The van der Waals surface area contributed by atoms with Gasteiger partial charge in [0.15, 0.2) is 0 Å². The normalized spacial score (nSPS) is 14.5. The number of carboxylic acid groups (broad SMARTS) is 1. The number of benzene rings is 2. The highest BCUT2D eigenvalue weighted by Crippen LogP contribution is 2.28. The Labute approximate surface area is 151 Å². The minimum Gasteiger partial charge on any atom is -0.478 e. The zero-order valence-corrected chi connectivity index (χ0v) is 15.0. The van der Waals surface area contributed by atoms with Crippen LogP contribution in [0, 0.1) is 12.7 Å². The minimum atomic E-state index is -4.04. The lowest BCUT2D eigenvalue weighted by molar-refractivity contribution is 0.0696. The molecule has 1 heterocycles. The first-order valence-electron chi connectivity index (χ1n) is 8.19. The van der Waals surface area contributed by atoms with Crippen molar-refractivity contribution in [1.29, 1.82) is 0 Å². The summed E-state index contributed by atoms with van der Waals surface area (Å²) in [7, 11) is -4.04. The average Bonchev–Trinajstić information content (AvgIpc) is 3.08. The van der Waals surface area contributed by atoms with Crippen molar-refractivity contribution in [2.75, 3.05) is 22.7 Å². The molecule has 2 aromatic rings. The van der Waals surface area contributed by atoms with Crippen molar-refractivity contribution in [3.63, 3.8) is 0 Å². The molecule has 0 amide bonds. The maximum Gasteiger partial charge on any atom is 0.335 e. The molecule has 1 aliphatic rings. The number of nitrogens with zero attached hydrogens (tertiary/aromatic N) is 1. The van der Waals surface area contributed by atoms with Crippen molar-refractivity contribution in [3.8, 4) is 0 Å². The number of carbonyl (C=O) groups is 1. The Hall–Kier alpha value is -2.61. The van der Waals surface area contributed by atoms with Gasteiger partial charge in [0.2, 0.25) is 0 Å². The van der Waals surface area contributed by atoms with Crippen molar-refractivity contribution in [3.05, 3.63) is 53.3 Å². The first kappa shape index (κ1) is 18.2. The van der Waals surface area contributed by atoms with Crippen LogP contribution in [0.1, 0.15) is 28.8 Å². The van der Waals surface area contributed by atoms with Crippen LogP contribution in [-0.4, -0.2) is 32.6 Å². The third-order valence-electron chi connectivity index (χ3n) is 4.37. The van der Waals surface area contributed by atoms with Crippen molar-refractivity contribution < 1.29 is 22.7 Å². The lowest BCUT2D eigenvalue weighted by Gasteiger charge is -2.19. The molecule has 3 rings (SSSR count). The Bertz CT molecular complexity index is 954. The fourth-order valence-corrected chi connectivity index (χ4v) is 4.34. The maximum absolute atomic E-state index is 14.4. The lowest BCUT2D eigenvalue weighted by Crippen LogP contribution is -2.19. The SMILES string of the molecule is Cc1ccc(C(=O)O)cc1S(=O)(=O)Nc1ccc(N2CCCC2)c(F)c1. The quantitative estimate of drug-likeness (QED) is 0.834. The molecule has 6 nitrogen and oxygen atoms in total. The molecule has 138 valence electrons. The van der Waals surface area contributed by atoms with E-state index in [2.05, 4.69) is 4.72 Å². The van der Waals surface area contributed by atoms with Crippen LogP contribution in [0.25, 0.3) is 0 Å². The first-order valence-corrected chi connectivity index (χ1v) is 9.67. The molecule has 0 bridgehead atoms. The van der Waals surface area contributed by atoms with Gasteiger partial charge in [-0.3, -0.25) is 4.72 Å². The van der Waals surface area contributed by atoms with Crippen molar-refractivity contribution in [1.82, 2.24) is 0 Å². The van der Waals surface area contributed by atoms with E-state index in [0.717, 1.165) is 38.1 Å². The van der Waals surface area contributed by atoms with E-state index in [9.17, 15) is 17.6 Å². The van der Waals surface area contributed by atoms with Gasteiger partial charge < -0.3 is 10.0 Å². The number of hydrogen-bond donors (Lipinski definition) is 2. The predicted octanol–water partition coefficient (Wildman–Crippen LogP) is 3.23. The summed E-state index contributed by atoms with van der Waals surface area (Å²) in [6, 6.07) is 8.05. The molecule has 1 aliphatic heterocycles. The van der Waals surface area contributed by atoms with Crippen LogP contribution in [-0.2, 0) is 10.0 Å². The minimum absolute atomic E-state index is 0.0885. The molecule has 2 aromatic carbocycles. The van der Waals surface area contributed by atoms with E-state index in [1.54, 1.807) is 13.0 Å². The molecular formula is C18H19FN2O4S. The second kappa shape index (κ2) is 6.95. The van der Waals surface area contributed by atoms with Gasteiger partial charge in [-0.15, -0.1) is 0 Å². The summed E-state index contributed by atoms with van der Waals surface area (Å²) in [6.07, 6.45) is 2.01. The van der Waals surface area contributed by atoms with Crippen molar-refractivity contribution in [2.45, 2.75) is 24.7 Å². The fraction of sp³-hybridized carbons (Fsp3) is 0.278. The first-order chi connectivity index (χ1) is 12.3. The maximum atomic E-state index is 14.4. The van der Waals surface area contributed by atoms with Crippen LogP contribution >= 0.6 is 0 Å². The largest absolute Gasteiger partial charge is 0.478 e. The van der Waals surface area contributed by atoms with E-state index in [1.807, 2.05) is 4.90 Å². The molecule has 26 heavy (non-hydrogen) atoms. The molecule has 2 N–H and O–H groups in total. The smallest absolute Gasteiger partial charge is 0.335 e. The van der Waals surface area contributed by atoms with Crippen LogP contribution < -0.4 is 9.62 Å². The summed E-state index contributed by atoms with van der Waals surface area (Å²) in [5.41, 5.74) is 0.809. The zero-order chi connectivity index (χ0) is 18.9. The second-order valence-corrected chi connectivity index (χ2v) is 7.90. The van der Waals surface area contributed by atoms with Crippen LogP contribution in [0.2, 0.25) is 0 Å². The van der Waals surface area contributed by atoms with Crippen LogP contribution in [0.15, 0.2) is 41.3 Å². The van der Waals surface area contributed by atoms with Gasteiger partial charge >= 0.3 is 5.97 Å². The van der Waals surface area contributed by atoms with Gasteiger partial charge in [-0.05, 0) is 49.6 Å². The van der Waals surface area contributed by atoms with Gasteiger partial charge in [0, 0.05) is 19.2 Å². The summed E-state index contributed by atoms with van der Waals surface area (Å²) in [4.78, 5) is 12.9. The van der Waals surface area contributed by atoms with Gasteiger partial charge in [0.05, 0.1) is 21.8 Å². The monoisotopic (exact) mass is 378 g/mol. The molecule has 0 unspecified atom stereocenters. The average molecular weight is 378 g/mol. The lowest BCUT2D eigenvalue weighted by atomic mass is 10.1. The van der Waals surface area contributed by atoms with E-state index in [4.69, 9.17) is 5.11 Å². The Morgan fingerprint density at radius 1 is 1.15 bits per heavy atom. The van der Waals surface area contributed by atoms with E-state index < -0.39 is 21.8 Å². The summed E-state index contributed by atoms with van der Waals surface area (Å²) in [5, 5.41) is 9.06. The van der Waals surface area contributed by atoms with Gasteiger partial charge in [-0.25, -0.2) is 17.6 Å². The number of aryl methyl sites for hydroxylation is 1. The summed E-state index contributed by atoms with van der Waals surface area (Å²) >= 11 is 0. The highest BCUT2D eigenvalue weighted by molar-refractivity contribution is 7.92. The number of carboxylic acids is 1. The molecule has 0 radical (unpaired) electrons. The number of hydrogen-bond acceptors (Lipinski definition) is 4. The van der Waals surface area contributed by atoms with Gasteiger partial charge in [-0.2, -0.15) is 0 Å². The second-order valence-electron chi connectivity index (χ2n) is 6.25. The van der Waals surface area contributed by atoms with E-state index >= 15 is 0 Å². The van der Waals surface area contributed by atoms with Crippen molar-refractivity contribution >= 4 is 27.4 Å². The molecule has 0 aliphatic carbocycles. The summed E-state index contributed by atoms with van der Waals surface area (Å²) < 4.78 is 41.9. The number of nitrogens with one attached hydrogen (secondary N) is 1. The molecule has 0 atom stereocenters. The molecule has 0 spiro atoms. The van der Waals surface area contributed by atoms with Crippen LogP contribution in [0.4, 0.5) is 15.8 Å². The summed E-state index contributed by atoms with van der Waals surface area (Å²) in [6.45, 7) is 3.13. The van der Waals surface area contributed by atoms with Gasteiger partial charge in [0.25, 0.3) is 10.0 Å². The van der Waals surface area contributed by atoms with E-state index in [1.165, 1.54) is 18.2 Å². The standard InChI is InChI=1S/C18H19FN2O4S/c1-12-4-5-13(18(22)23)10-17(12)26(24,25)20-14-6-7-16(15(19)11-14)21-8-2-3-9-21/h4-7,10-11,20H,2-3,8-9H2,1H3,(H,22,23). The highest BCUT2D eigenvalue weighted by Gasteiger charge is 2.21. The van der Waals surface area contributed by atoms with Crippen LogP contribution in [0.3, 0.4) is 0 Å². The van der Waals surface area contributed by atoms with Crippen molar-refractivity contribution in [2.24, 2.45) is 0 Å². The zero-order valence-electron chi connectivity index (χ0n) is 14.2. The fourth-order valence-electron chi connectivity index (χ4n) is 3.02. The molecule has 0 aromatic heterocycles. The topological polar surface area (TPSA) is 86.7 Å². The van der Waals surface area contributed by atoms with Gasteiger partial charge in [0.1, 0.15) is 5.82 Å². The Balaban J connectivity index is 1.89. The number of anilines is 2. The molecule has 8 heteroatoms. The third kappa shape index (κ3) is 3.65. The summed E-state index contributed by atoms with van der Waals surface area (Å²) in [5.74, 6) is -1.72. The number of rotatable bonds is 5. The Morgan fingerprint density at radius 2 is 1.85 bits per heavy atom. The number of sulfonamides is 1. The Morgan fingerprint density at radius 3 is 2.46 bits per heavy atom. The van der Waals surface area contributed by atoms with E-state index in [0.29, 0.717) is 11.3 Å². The molecule has 0 saturated carbocycles. The van der Waals surface area contributed by atoms with Crippen LogP contribution in [0.5, 0.6) is 0 Å². The highest BCUT2D eigenvalue weighted by atomic mass is 32.2. The number of aromatic carboxylic acids is 1. The van der Waals surface area contributed by atoms with Gasteiger partial charge in [-0.1, -0.05) is 6.07 Å². The molecule has 1 saturated heterocycles. The molecular weight excluding hydrogens is 359 g/mol.